The van der Waals surface area contributed by atoms with Crippen molar-refractivity contribution in [2.75, 3.05) is 22.3 Å². The van der Waals surface area contributed by atoms with Gasteiger partial charge < -0.3 is 5.32 Å². The van der Waals surface area contributed by atoms with E-state index in [2.05, 4.69) is 34.6 Å². The van der Waals surface area contributed by atoms with E-state index in [1.54, 1.807) is 5.01 Å². The van der Waals surface area contributed by atoms with Crippen LogP contribution in [0.25, 0.3) is 0 Å². The molecule has 0 amide bonds. The molecule has 0 bridgehead atoms. The van der Waals surface area contributed by atoms with Crippen molar-refractivity contribution in [3.8, 4) is 0 Å². The normalized spacial score (nSPS) is 10.6. The van der Waals surface area contributed by atoms with Crippen molar-refractivity contribution in [1.82, 2.24) is 9.97 Å². The molecule has 0 saturated carbocycles. The van der Waals surface area contributed by atoms with Crippen LogP contribution >= 0.6 is 0 Å². The molecule has 0 fully saturated rings. The SMILES string of the molecule is CC(C)CCNc1ncnc(NN(c2ccccc2)c2ccccc2)c1[N+](=O)[O-]. The highest BCUT2D eigenvalue weighted by atomic mass is 16.6. The Bertz CT molecular complexity index is 895. The monoisotopic (exact) mass is 392 g/mol. The summed E-state index contributed by atoms with van der Waals surface area (Å²) in [5.74, 6) is 0.798. The number of benzene rings is 2. The zero-order chi connectivity index (χ0) is 20.6. The molecule has 0 saturated heterocycles. The van der Waals surface area contributed by atoms with E-state index < -0.39 is 4.92 Å². The minimum absolute atomic E-state index is 0.116. The van der Waals surface area contributed by atoms with Gasteiger partial charge in [0.2, 0.25) is 11.6 Å². The van der Waals surface area contributed by atoms with Gasteiger partial charge in [-0.25, -0.2) is 9.97 Å². The number of hydrazine groups is 1. The fraction of sp³-hybridized carbons (Fsp3) is 0.238. The number of hydrogen-bond donors (Lipinski definition) is 2. The number of anilines is 4. The zero-order valence-corrected chi connectivity index (χ0v) is 16.4. The molecule has 0 aliphatic heterocycles. The molecule has 29 heavy (non-hydrogen) atoms. The van der Waals surface area contributed by atoms with Crippen LogP contribution in [0.4, 0.5) is 28.7 Å². The summed E-state index contributed by atoms with van der Waals surface area (Å²) in [5.41, 5.74) is 4.56. The molecule has 3 aromatic rings. The van der Waals surface area contributed by atoms with Crippen LogP contribution in [-0.4, -0.2) is 21.4 Å². The molecule has 0 radical (unpaired) electrons. The molecule has 1 aromatic heterocycles. The molecule has 2 aromatic carbocycles. The number of rotatable bonds is 9. The lowest BCUT2D eigenvalue weighted by Crippen LogP contribution is -2.26. The summed E-state index contributed by atoms with van der Waals surface area (Å²) in [5, 5.41) is 16.6. The number of aromatic nitrogens is 2. The van der Waals surface area contributed by atoms with Crippen molar-refractivity contribution in [1.29, 1.82) is 0 Å². The van der Waals surface area contributed by atoms with Crippen LogP contribution in [0.15, 0.2) is 67.0 Å². The van der Waals surface area contributed by atoms with Crippen LogP contribution in [-0.2, 0) is 0 Å². The van der Waals surface area contributed by atoms with Crippen molar-refractivity contribution < 1.29 is 4.92 Å². The van der Waals surface area contributed by atoms with Gasteiger partial charge in [0, 0.05) is 6.54 Å². The van der Waals surface area contributed by atoms with Gasteiger partial charge in [-0.2, -0.15) is 0 Å². The average Bonchev–Trinajstić information content (AvgIpc) is 2.73. The van der Waals surface area contributed by atoms with E-state index in [0.717, 1.165) is 17.8 Å². The lowest BCUT2D eigenvalue weighted by molar-refractivity contribution is -0.383. The van der Waals surface area contributed by atoms with Crippen LogP contribution in [0, 0.1) is 16.0 Å². The van der Waals surface area contributed by atoms with Gasteiger partial charge >= 0.3 is 5.69 Å². The second kappa shape index (κ2) is 9.50. The highest BCUT2D eigenvalue weighted by molar-refractivity contribution is 5.74. The van der Waals surface area contributed by atoms with Crippen molar-refractivity contribution in [3.63, 3.8) is 0 Å². The summed E-state index contributed by atoms with van der Waals surface area (Å²) in [7, 11) is 0. The first-order valence-electron chi connectivity index (χ1n) is 9.46. The molecule has 8 nitrogen and oxygen atoms in total. The first-order chi connectivity index (χ1) is 14.1. The zero-order valence-electron chi connectivity index (χ0n) is 16.4. The van der Waals surface area contributed by atoms with E-state index >= 15 is 0 Å². The van der Waals surface area contributed by atoms with Gasteiger partial charge in [0.1, 0.15) is 6.33 Å². The van der Waals surface area contributed by atoms with E-state index in [9.17, 15) is 10.1 Å². The largest absolute Gasteiger partial charge is 0.364 e. The number of nitrogens with zero attached hydrogens (tertiary/aromatic N) is 4. The minimum Gasteiger partial charge on any atom is -0.364 e. The Morgan fingerprint density at radius 3 is 2.03 bits per heavy atom. The first kappa shape index (κ1) is 20.1. The Hall–Kier alpha value is -3.68. The number of nitro groups is 1. The maximum absolute atomic E-state index is 11.8. The summed E-state index contributed by atoms with van der Waals surface area (Å²) in [6.07, 6.45) is 2.20. The Labute approximate surface area is 169 Å². The van der Waals surface area contributed by atoms with Gasteiger partial charge in [-0.1, -0.05) is 50.2 Å². The fourth-order valence-corrected chi connectivity index (χ4v) is 2.78. The van der Waals surface area contributed by atoms with E-state index in [4.69, 9.17) is 0 Å². The van der Waals surface area contributed by atoms with Crippen LogP contribution in [0.2, 0.25) is 0 Å². The summed E-state index contributed by atoms with van der Waals surface area (Å²) in [6, 6.07) is 19.1. The van der Waals surface area contributed by atoms with Gasteiger partial charge in [0.25, 0.3) is 0 Å². The van der Waals surface area contributed by atoms with Gasteiger partial charge in [0.15, 0.2) is 0 Å². The summed E-state index contributed by atoms with van der Waals surface area (Å²) < 4.78 is 0. The highest BCUT2D eigenvalue weighted by Gasteiger charge is 2.25. The number of nitrogens with one attached hydrogen (secondary N) is 2. The number of hydrogen-bond acceptors (Lipinski definition) is 7. The molecule has 3 rings (SSSR count). The van der Waals surface area contributed by atoms with Gasteiger partial charge in [-0.3, -0.25) is 20.5 Å². The third-order valence-electron chi connectivity index (χ3n) is 4.27. The Kier molecular flexibility index (Phi) is 6.57. The predicted molar refractivity (Wildman–Crippen MR) is 115 cm³/mol. The maximum Gasteiger partial charge on any atom is 0.354 e. The van der Waals surface area contributed by atoms with Gasteiger partial charge in [-0.05, 0) is 36.6 Å². The summed E-state index contributed by atoms with van der Waals surface area (Å²) in [4.78, 5) is 19.6. The second-order valence-electron chi connectivity index (χ2n) is 6.90. The maximum atomic E-state index is 11.8. The molecule has 2 N–H and O–H groups in total. The topological polar surface area (TPSA) is 96.2 Å². The van der Waals surface area contributed by atoms with Crippen LogP contribution < -0.4 is 15.8 Å². The van der Waals surface area contributed by atoms with E-state index in [1.807, 2.05) is 60.7 Å². The molecule has 0 aliphatic rings. The van der Waals surface area contributed by atoms with Gasteiger partial charge in [0.05, 0.1) is 16.3 Å². The molecular weight excluding hydrogens is 368 g/mol. The molecule has 1 heterocycles. The highest BCUT2D eigenvalue weighted by Crippen LogP contribution is 2.32. The molecule has 0 aliphatic carbocycles. The molecule has 0 unspecified atom stereocenters. The summed E-state index contributed by atoms with van der Waals surface area (Å²) in [6.45, 7) is 4.79. The Balaban J connectivity index is 1.96. The molecular formula is C21H24N6O2. The number of para-hydroxylation sites is 2. The quantitative estimate of drug-likeness (QED) is 0.390. The fourth-order valence-electron chi connectivity index (χ4n) is 2.78. The minimum atomic E-state index is -0.464. The van der Waals surface area contributed by atoms with Crippen molar-refractivity contribution >= 4 is 28.7 Å². The molecule has 150 valence electrons. The van der Waals surface area contributed by atoms with Crippen LogP contribution in [0.5, 0.6) is 0 Å². The summed E-state index contributed by atoms with van der Waals surface area (Å²) >= 11 is 0. The van der Waals surface area contributed by atoms with Crippen molar-refractivity contribution in [2.24, 2.45) is 5.92 Å². The lowest BCUT2D eigenvalue weighted by atomic mass is 10.1. The predicted octanol–water partition coefficient (Wildman–Crippen LogP) is 5.01. The van der Waals surface area contributed by atoms with Gasteiger partial charge in [-0.15, -0.1) is 0 Å². The smallest absolute Gasteiger partial charge is 0.354 e. The standard InChI is InChI=1S/C21H24N6O2/c1-16(2)13-14-22-20-19(27(28)29)21(24-15-23-20)25-26(17-9-5-3-6-10-17)18-11-7-4-8-12-18/h3-12,15-16H,13-14H2,1-2H3,(H2,22,23,24,25). The molecule has 0 atom stereocenters. The van der Waals surface area contributed by atoms with E-state index in [-0.39, 0.29) is 17.3 Å². The second-order valence-corrected chi connectivity index (χ2v) is 6.90. The van der Waals surface area contributed by atoms with Crippen LogP contribution in [0.1, 0.15) is 20.3 Å². The lowest BCUT2D eigenvalue weighted by Gasteiger charge is -2.26. The van der Waals surface area contributed by atoms with Crippen molar-refractivity contribution in [3.05, 3.63) is 77.1 Å². The molecule has 0 spiro atoms. The van der Waals surface area contributed by atoms with E-state index in [0.29, 0.717) is 12.5 Å². The van der Waals surface area contributed by atoms with Crippen molar-refractivity contribution in [2.45, 2.75) is 20.3 Å². The Morgan fingerprint density at radius 2 is 1.52 bits per heavy atom. The third-order valence-corrected chi connectivity index (χ3v) is 4.27. The van der Waals surface area contributed by atoms with E-state index in [1.165, 1.54) is 6.33 Å². The average molecular weight is 392 g/mol. The van der Waals surface area contributed by atoms with Crippen LogP contribution in [0.3, 0.4) is 0 Å². The Morgan fingerprint density at radius 1 is 0.966 bits per heavy atom. The first-order valence-corrected chi connectivity index (χ1v) is 9.46. The third kappa shape index (κ3) is 5.19. The molecule has 8 heteroatoms.